The first kappa shape index (κ1) is 15.8. The van der Waals surface area contributed by atoms with Crippen LogP contribution in [0.1, 0.15) is 0 Å². The van der Waals surface area contributed by atoms with Gasteiger partial charge < -0.3 is 30.5 Å². The molecule has 2 aromatic heterocycles. The van der Waals surface area contributed by atoms with Gasteiger partial charge >= 0.3 is 0 Å². The van der Waals surface area contributed by atoms with Crippen molar-refractivity contribution in [2.24, 2.45) is 0 Å². The summed E-state index contributed by atoms with van der Waals surface area (Å²) in [4.78, 5) is 16.4. The Kier molecular flexibility index (Phi) is 4.24. The maximum Gasteiger partial charge on any atom is 0.297 e. The Morgan fingerprint density at radius 1 is 1.26 bits per heavy atom. The van der Waals surface area contributed by atoms with Crippen LogP contribution in [0.5, 0.6) is 0 Å². The first-order valence-corrected chi connectivity index (χ1v) is 6.93. The topological polar surface area (TPSA) is 149 Å². The Hall–Kier alpha value is -2.11. The summed E-state index contributed by atoms with van der Waals surface area (Å²) in [6, 6.07) is 3.23. The van der Waals surface area contributed by atoms with Crippen LogP contribution in [0.4, 0.5) is 5.69 Å². The van der Waals surface area contributed by atoms with Crippen LogP contribution in [0.3, 0.4) is 0 Å². The number of aliphatic hydroxyl groups is 4. The molecule has 3 rings (SSSR count). The fraction of sp³-hybridized carbons (Fsp3) is 0.462. The predicted molar refractivity (Wildman–Crippen MR) is 76.6 cm³/mol. The van der Waals surface area contributed by atoms with Crippen LogP contribution in [0.15, 0.2) is 29.3 Å². The van der Waals surface area contributed by atoms with Crippen LogP contribution in [0.25, 0.3) is 5.65 Å². The zero-order valence-corrected chi connectivity index (χ0v) is 11.9. The molecule has 124 valence electrons. The van der Waals surface area contributed by atoms with Crippen molar-refractivity contribution in [1.29, 1.82) is 0 Å². The highest BCUT2D eigenvalue weighted by atomic mass is 16.6. The van der Waals surface area contributed by atoms with Crippen molar-refractivity contribution in [2.45, 2.75) is 30.6 Å². The van der Waals surface area contributed by atoms with E-state index in [1.807, 2.05) is 0 Å². The highest BCUT2D eigenvalue weighted by Crippen LogP contribution is 2.21. The number of fused-ring (bicyclic) bond motifs is 1. The molecule has 2 aromatic rings. The summed E-state index contributed by atoms with van der Waals surface area (Å²) in [6.07, 6.45) is -4.11. The van der Waals surface area contributed by atoms with Crippen molar-refractivity contribution in [3.8, 4) is 0 Å². The Labute approximate surface area is 129 Å². The minimum atomic E-state index is -1.53. The van der Waals surface area contributed by atoms with E-state index >= 15 is 0 Å². The monoisotopic (exact) mass is 324 g/mol. The maximum absolute atomic E-state index is 12.3. The van der Waals surface area contributed by atoms with Gasteiger partial charge in [-0.05, 0) is 12.1 Å². The average molecular weight is 324 g/mol. The van der Waals surface area contributed by atoms with Crippen LogP contribution in [0.2, 0.25) is 0 Å². The quantitative estimate of drug-likeness (QED) is 0.406. The van der Waals surface area contributed by atoms with Crippen LogP contribution in [-0.4, -0.2) is 72.3 Å². The van der Waals surface area contributed by atoms with Crippen LogP contribution in [0, 0.1) is 0 Å². The van der Waals surface area contributed by atoms with Crippen molar-refractivity contribution < 1.29 is 25.2 Å². The second-order valence-electron chi connectivity index (χ2n) is 5.16. The molecule has 5 N–H and O–H groups in total. The Morgan fingerprint density at radius 2 is 2.04 bits per heavy atom. The summed E-state index contributed by atoms with van der Waals surface area (Å²) in [5, 5.41) is 45.1. The van der Waals surface area contributed by atoms with Crippen LogP contribution < -0.4 is 10.9 Å². The van der Waals surface area contributed by atoms with E-state index in [4.69, 9.17) is 9.84 Å². The zero-order valence-electron chi connectivity index (χ0n) is 11.9. The summed E-state index contributed by atoms with van der Waals surface area (Å²) < 4.78 is 6.35. The zero-order chi connectivity index (χ0) is 16.6. The third-order valence-electron chi connectivity index (χ3n) is 3.67. The second-order valence-corrected chi connectivity index (χ2v) is 5.16. The van der Waals surface area contributed by atoms with E-state index in [0.29, 0.717) is 5.65 Å². The lowest BCUT2D eigenvalue weighted by molar-refractivity contribution is -0.221. The van der Waals surface area contributed by atoms with Crippen LogP contribution in [-0.2, 0) is 4.74 Å². The number of aromatic nitrogens is 3. The number of nitrogens with one attached hydrogen (secondary N) is 1. The fourth-order valence-electron chi connectivity index (χ4n) is 2.39. The minimum absolute atomic E-state index is 0.00877. The highest BCUT2D eigenvalue weighted by molar-refractivity contribution is 5.46. The first-order valence-electron chi connectivity index (χ1n) is 6.93. The molecule has 5 atom stereocenters. The number of hydrogen-bond acceptors (Lipinski definition) is 9. The molecule has 0 saturated carbocycles. The van der Waals surface area contributed by atoms with E-state index in [-0.39, 0.29) is 5.69 Å². The summed E-state index contributed by atoms with van der Waals surface area (Å²) >= 11 is 0. The predicted octanol–water partition coefficient (Wildman–Crippen LogP) is -2.70. The summed E-state index contributed by atoms with van der Waals surface area (Å²) in [7, 11) is 0. The molecule has 1 aliphatic heterocycles. The number of anilines is 1. The summed E-state index contributed by atoms with van der Waals surface area (Å²) in [6.45, 7) is -0.556. The molecule has 0 amide bonds. The molecular formula is C13H16N4O6. The number of hydrogen-bond donors (Lipinski definition) is 5. The van der Waals surface area contributed by atoms with Crippen molar-refractivity contribution >= 4 is 11.3 Å². The number of nitrogens with zero attached hydrogens (tertiary/aromatic N) is 3. The Morgan fingerprint density at radius 3 is 2.78 bits per heavy atom. The van der Waals surface area contributed by atoms with Gasteiger partial charge in [-0.15, -0.1) is 0 Å². The van der Waals surface area contributed by atoms with Crippen molar-refractivity contribution in [3.63, 3.8) is 0 Å². The molecule has 0 radical (unpaired) electrons. The molecule has 0 aromatic carbocycles. The Bertz CT molecular complexity index is 751. The number of ether oxygens (including phenoxy) is 1. The molecular weight excluding hydrogens is 308 g/mol. The molecule has 1 aliphatic rings. The standard InChI is InChI=1S/C13H16N4O6/c18-5-7-9(19)10(20)11(21)12(23-7)16-6-4-14-8-2-1-3-15-17(8)13(6)22/h1-4,7,9-12,16,18-21H,5H2/t7-,9-,10+,11-,12?/m1/s1. The van der Waals surface area contributed by atoms with Gasteiger partial charge in [0.05, 0.1) is 12.8 Å². The normalized spacial score (nSPS) is 31.2. The summed E-state index contributed by atoms with van der Waals surface area (Å²) in [5.74, 6) is 0. The van der Waals surface area contributed by atoms with Gasteiger partial charge in [-0.2, -0.15) is 9.61 Å². The lowest BCUT2D eigenvalue weighted by Gasteiger charge is -2.40. The van der Waals surface area contributed by atoms with Gasteiger partial charge in [-0.25, -0.2) is 4.98 Å². The molecule has 10 heteroatoms. The molecule has 0 aliphatic carbocycles. The van der Waals surface area contributed by atoms with Gasteiger partial charge in [-0.1, -0.05) is 0 Å². The average Bonchev–Trinajstić information content (AvgIpc) is 2.57. The second kappa shape index (κ2) is 6.18. The third-order valence-corrected chi connectivity index (χ3v) is 3.67. The molecule has 23 heavy (non-hydrogen) atoms. The van der Waals surface area contributed by atoms with Crippen LogP contribution >= 0.6 is 0 Å². The third kappa shape index (κ3) is 2.78. The van der Waals surface area contributed by atoms with E-state index < -0.39 is 42.8 Å². The van der Waals surface area contributed by atoms with Crippen molar-refractivity contribution in [2.75, 3.05) is 11.9 Å². The first-order chi connectivity index (χ1) is 11.0. The largest absolute Gasteiger partial charge is 0.394 e. The van der Waals surface area contributed by atoms with Crippen molar-refractivity contribution in [3.05, 3.63) is 34.9 Å². The van der Waals surface area contributed by atoms with E-state index in [0.717, 1.165) is 4.52 Å². The van der Waals surface area contributed by atoms with E-state index in [9.17, 15) is 20.1 Å². The van der Waals surface area contributed by atoms with Gasteiger partial charge in [0.15, 0.2) is 11.9 Å². The maximum atomic E-state index is 12.3. The van der Waals surface area contributed by atoms with E-state index in [1.54, 1.807) is 12.1 Å². The fourth-order valence-corrected chi connectivity index (χ4v) is 2.39. The van der Waals surface area contributed by atoms with Gasteiger partial charge in [0.2, 0.25) is 0 Å². The van der Waals surface area contributed by atoms with E-state index in [2.05, 4.69) is 15.4 Å². The SMILES string of the molecule is O=c1c(NC2O[C@H](CO)[C@@H](O)[C@H](O)[C@H]2O)cnc2cccnn12. The molecule has 1 fully saturated rings. The minimum Gasteiger partial charge on any atom is -0.394 e. The molecule has 1 saturated heterocycles. The molecule has 0 spiro atoms. The van der Waals surface area contributed by atoms with Gasteiger partial charge in [0, 0.05) is 6.20 Å². The van der Waals surface area contributed by atoms with Gasteiger partial charge in [0.1, 0.15) is 30.1 Å². The van der Waals surface area contributed by atoms with Gasteiger partial charge in [0.25, 0.3) is 5.56 Å². The molecule has 0 bridgehead atoms. The van der Waals surface area contributed by atoms with E-state index in [1.165, 1.54) is 12.4 Å². The van der Waals surface area contributed by atoms with Crippen molar-refractivity contribution in [1.82, 2.24) is 14.6 Å². The number of aliphatic hydroxyl groups excluding tert-OH is 4. The lowest BCUT2D eigenvalue weighted by Crippen LogP contribution is -2.60. The summed E-state index contributed by atoms with van der Waals surface area (Å²) in [5.41, 5.74) is -0.185. The highest BCUT2D eigenvalue weighted by Gasteiger charge is 2.43. The molecule has 3 heterocycles. The van der Waals surface area contributed by atoms with Gasteiger partial charge in [-0.3, -0.25) is 4.79 Å². The lowest BCUT2D eigenvalue weighted by atomic mass is 9.98. The molecule has 1 unspecified atom stereocenters. The Balaban J connectivity index is 1.89. The molecule has 10 nitrogen and oxygen atoms in total. The smallest absolute Gasteiger partial charge is 0.297 e. The number of rotatable bonds is 3.